The molecule has 29 heteroatoms. The fourth-order valence-corrected chi connectivity index (χ4v) is 2.47. The Labute approximate surface area is 431 Å². The normalized spacial score (nSPS) is 8.11. The van der Waals surface area contributed by atoms with Crippen LogP contribution in [-0.4, -0.2) is 160 Å². The number of rotatable bonds is 21. The van der Waals surface area contributed by atoms with E-state index >= 15 is 0 Å². The smallest absolute Gasteiger partial charge is 0.550 e. The monoisotopic (exact) mass is 1050 g/mol. The summed E-state index contributed by atoms with van der Waals surface area (Å²) in [6, 6.07) is 0. The first-order chi connectivity index (χ1) is 31.2. The molecule has 0 unspecified atom stereocenters. The van der Waals surface area contributed by atoms with E-state index in [0.29, 0.717) is 19.8 Å². The zero-order valence-electron chi connectivity index (χ0n) is 41.7. The Kier molecular flexibility index (Phi) is 80.9. The zero-order valence-corrected chi connectivity index (χ0v) is 44.0. The molecule has 0 N–H and O–H groups in total. The van der Waals surface area contributed by atoms with E-state index in [-0.39, 0.29) is 106 Å². The fourth-order valence-electron chi connectivity index (χ4n) is 2.47. The SMILES string of the molecule is CC(=O)CC(=O)[O-].CC(=O)CC(=O)[O-].CC(=O)CC(=O)[O-].CC(=O)CC(=O)[O-].CC(=O)CC(=O)[O-].CC(=O)CC(=O)[O-].CCOC(=O)CC(C)=O.CCOC(=O)CC(C)=O.CCOC(=O)CC(C)=O.[Al+3].[Al+3]. The molecule has 0 aliphatic carbocycles. The first-order valence-corrected chi connectivity index (χ1v) is 19.4. The molecule has 0 aliphatic rings. The van der Waals surface area contributed by atoms with Gasteiger partial charge in [0.25, 0.3) is 0 Å². The van der Waals surface area contributed by atoms with Crippen molar-refractivity contribution in [2.75, 3.05) is 19.8 Å². The predicted octanol–water partition coefficient (Wildman–Crippen LogP) is -6.88. The van der Waals surface area contributed by atoms with Gasteiger partial charge in [-0.15, -0.1) is 0 Å². The molecule has 0 fully saturated rings. The van der Waals surface area contributed by atoms with Crippen LogP contribution in [0.1, 0.15) is 141 Å². The number of hydrogen-bond donors (Lipinski definition) is 0. The molecule has 0 aromatic heterocycles. The van der Waals surface area contributed by atoms with Crippen LogP contribution >= 0.6 is 0 Å². The van der Waals surface area contributed by atoms with Gasteiger partial charge in [-0.3, -0.25) is 57.5 Å². The third kappa shape index (κ3) is 162. The van der Waals surface area contributed by atoms with E-state index < -0.39 is 92.2 Å². The van der Waals surface area contributed by atoms with Crippen molar-refractivity contribution in [1.29, 1.82) is 0 Å². The maximum Gasteiger partial charge on any atom is 3.00 e. The Morgan fingerprint density at radius 2 is 0.338 bits per heavy atom. The summed E-state index contributed by atoms with van der Waals surface area (Å²) < 4.78 is 13.5. The number of ketones is 9. The summed E-state index contributed by atoms with van der Waals surface area (Å²) in [6.07, 6.45) is -3.14. The molecular formula is C42H60Al2O27. The summed E-state index contributed by atoms with van der Waals surface area (Å²) in [7, 11) is 0. The molecule has 0 spiro atoms. The van der Waals surface area contributed by atoms with Gasteiger partial charge in [-0.25, -0.2) is 0 Å². The van der Waals surface area contributed by atoms with E-state index in [1.165, 1.54) is 62.3 Å². The van der Waals surface area contributed by atoms with Gasteiger partial charge in [0.1, 0.15) is 71.3 Å². The largest absolute Gasteiger partial charge is 3.00 e. The van der Waals surface area contributed by atoms with Gasteiger partial charge in [-0.05, 0) is 83.1 Å². The molecule has 0 atom stereocenters. The van der Waals surface area contributed by atoms with Crippen LogP contribution in [0.25, 0.3) is 0 Å². The van der Waals surface area contributed by atoms with Crippen molar-refractivity contribution >= 4 is 140 Å². The number of carbonyl (C=O) groups is 18. The van der Waals surface area contributed by atoms with Crippen molar-refractivity contribution < 1.29 is 131 Å². The van der Waals surface area contributed by atoms with Gasteiger partial charge >= 0.3 is 52.6 Å². The molecule has 0 radical (unpaired) electrons. The summed E-state index contributed by atoms with van der Waals surface area (Å²) >= 11 is 0. The number of carbonyl (C=O) groups excluding carboxylic acids is 18. The van der Waals surface area contributed by atoms with E-state index in [0.717, 1.165) is 0 Å². The van der Waals surface area contributed by atoms with Crippen molar-refractivity contribution in [2.24, 2.45) is 0 Å². The summed E-state index contributed by atoms with van der Waals surface area (Å²) in [6.45, 7) is 17.4. The Morgan fingerprint density at radius 3 is 0.380 bits per heavy atom. The van der Waals surface area contributed by atoms with Crippen molar-refractivity contribution in [3.8, 4) is 0 Å². The molecule has 0 amide bonds. The Hall–Kier alpha value is -6.68. The average molecular weight is 1050 g/mol. The topological polar surface area (TPSA) is 473 Å². The Balaban J connectivity index is -0.0000000633. The van der Waals surface area contributed by atoms with Crippen LogP contribution in [0.3, 0.4) is 0 Å². The molecule has 0 aromatic rings. The zero-order chi connectivity index (χ0) is 57.0. The van der Waals surface area contributed by atoms with Crippen molar-refractivity contribution in [1.82, 2.24) is 0 Å². The van der Waals surface area contributed by atoms with Crippen LogP contribution in [0.2, 0.25) is 0 Å². The van der Waals surface area contributed by atoms with Gasteiger partial charge in [0, 0.05) is 74.3 Å². The van der Waals surface area contributed by atoms with E-state index in [1.54, 1.807) is 20.8 Å². The number of aliphatic carboxylic acids is 6. The van der Waals surface area contributed by atoms with Gasteiger partial charge in [-0.2, -0.15) is 0 Å². The molecule has 71 heavy (non-hydrogen) atoms. The van der Waals surface area contributed by atoms with E-state index in [1.807, 2.05) is 0 Å². The Morgan fingerprint density at radius 1 is 0.239 bits per heavy atom. The van der Waals surface area contributed by atoms with Crippen LogP contribution in [0.4, 0.5) is 0 Å². The number of carboxylic acids is 6. The van der Waals surface area contributed by atoms with Crippen LogP contribution in [-0.2, 0) is 101 Å². The summed E-state index contributed by atoms with van der Waals surface area (Å²) in [4.78, 5) is 178. The molecule has 0 saturated carbocycles. The summed E-state index contributed by atoms with van der Waals surface area (Å²) in [5, 5.41) is 56.9. The molecular weight excluding hydrogens is 990 g/mol. The van der Waals surface area contributed by atoms with Gasteiger partial charge < -0.3 is 73.6 Å². The number of esters is 3. The summed E-state index contributed by atoms with van der Waals surface area (Å²) in [5.41, 5.74) is 0. The molecule has 0 saturated heterocycles. The third-order valence-electron chi connectivity index (χ3n) is 4.46. The van der Waals surface area contributed by atoms with Gasteiger partial charge in [0.15, 0.2) is 0 Å². The molecule has 0 rings (SSSR count). The van der Waals surface area contributed by atoms with Crippen molar-refractivity contribution in [3.63, 3.8) is 0 Å². The minimum absolute atomic E-state index is 0. The predicted molar refractivity (Wildman–Crippen MR) is 229 cm³/mol. The standard InChI is InChI=1S/3C6H10O3.6C4H6O3.2Al/c3*1-3-9-6(8)4-5(2)7;6*1-3(5)2-4(6)7;;/h3*3-4H2,1-2H3;6*2H2,1H3,(H,6,7);;/q;;;;;;;;;2*+3/p-6. The molecule has 0 bridgehead atoms. The van der Waals surface area contributed by atoms with Crippen molar-refractivity contribution in [2.45, 2.75) is 141 Å². The second-order valence-corrected chi connectivity index (χ2v) is 12.6. The number of Topliss-reactive ketones (excluding diaryl/α,β-unsaturated/α-hetero) is 9. The molecule has 0 heterocycles. The third-order valence-corrected chi connectivity index (χ3v) is 4.46. The molecule has 27 nitrogen and oxygen atoms in total. The second-order valence-electron chi connectivity index (χ2n) is 12.6. The molecule has 396 valence electrons. The maximum absolute atomic E-state index is 10.4. The average Bonchev–Trinajstić information content (AvgIpc) is 3.06. The van der Waals surface area contributed by atoms with Crippen LogP contribution in [0, 0.1) is 0 Å². The minimum atomic E-state index is -1.31. The quantitative estimate of drug-likeness (QED) is 0.0446. The number of hydrogen-bond acceptors (Lipinski definition) is 27. The first-order valence-electron chi connectivity index (χ1n) is 19.4. The fraction of sp³-hybridized carbons (Fsp3) is 0.571. The molecule has 0 aromatic carbocycles. The maximum atomic E-state index is 10.4. The first kappa shape index (κ1) is 90.7. The van der Waals surface area contributed by atoms with Crippen LogP contribution in [0.15, 0.2) is 0 Å². The number of carboxylic acid groups (broad SMARTS) is 6. The number of ether oxygens (including phenoxy) is 3. The van der Waals surface area contributed by atoms with E-state index in [2.05, 4.69) is 14.2 Å². The van der Waals surface area contributed by atoms with Crippen LogP contribution in [0.5, 0.6) is 0 Å². The summed E-state index contributed by atoms with van der Waals surface area (Å²) in [5.74, 6) is -11.9. The molecule has 0 aliphatic heterocycles. The second kappa shape index (κ2) is 63.3. The van der Waals surface area contributed by atoms with Crippen molar-refractivity contribution in [3.05, 3.63) is 0 Å². The van der Waals surface area contributed by atoms with E-state index in [9.17, 15) is 117 Å². The van der Waals surface area contributed by atoms with Gasteiger partial charge in [0.2, 0.25) is 0 Å². The Bertz CT molecular complexity index is 1370. The van der Waals surface area contributed by atoms with Gasteiger partial charge in [0.05, 0.1) is 19.8 Å². The van der Waals surface area contributed by atoms with Gasteiger partial charge in [-0.1, -0.05) is 0 Å². The van der Waals surface area contributed by atoms with Crippen LogP contribution < -0.4 is 30.6 Å². The van der Waals surface area contributed by atoms with E-state index in [4.69, 9.17) is 0 Å². The minimum Gasteiger partial charge on any atom is -0.550 e.